The standard InChI is InChI=1S/C13H9ClFN3O/c14-11-5-10(15)2-1-9(11)7-17-3-4-18-8-16-6-12(18)13(17)19/h1-6,8H,7H2. The molecule has 2 aromatic heterocycles. The summed E-state index contributed by atoms with van der Waals surface area (Å²) in [6.45, 7) is 0.291. The molecule has 0 aliphatic rings. The van der Waals surface area contributed by atoms with Crippen LogP contribution >= 0.6 is 11.6 Å². The summed E-state index contributed by atoms with van der Waals surface area (Å²) in [4.78, 5) is 16.1. The van der Waals surface area contributed by atoms with Gasteiger partial charge in [-0.1, -0.05) is 17.7 Å². The number of hydrogen-bond acceptors (Lipinski definition) is 2. The molecule has 0 amide bonds. The summed E-state index contributed by atoms with van der Waals surface area (Å²) in [5, 5.41) is 0.306. The lowest BCUT2D eigenvalue weighted by Gasteiger charge is -2.08. The molecule has 0 saturated heterocycles. The molecule has 0 bridgehead atoms. The van der Waals surface area contributed by atoms with Crippen LogP contribution in [0, 0.1) is 5.82 Å². The van der Waals surface area contributed by atoms with Crippen LogP contribution in [0.5, 0.6) is 0 Å². The van der Waals surface area contributed by atoms with Crippen molar-refractivity contribution in [1.29, 1.82) is 0 Å². The van der Waals surface area contributed by atoms with Gasteiger partial charge in [-0.3, -0.25) is 4.79 Å². The van der Waals surface area contributed by atoms with Gasteiger partial charge in [0.15, 0.2) is 0 Å². The molecule has 0 spiro atoms. The first-order chi connectivity index (χ1) is 9.15. The Morgan fingerprint density at radius 2 is 2.16 bits per heavy atom. The van der Waals surface area contributed by atoms with Crippen molar-refractivity contribution in [1.82, 2.24) is 14.0 Å². The summed E-state index contributed by atoms with van der Waals surface area (Å²) in [6, 6.07) is 4.13. The molecule has 0 radical (unpaired) electrons. The van der Waals surface area contributed by atoms with E-state index in [1.165, 1.54) is 22.9 Å². The fourth-order valence-electron chi connectivity index (χ4n) is 1.91. The van der Waals surface area contributed by atoms with Crippen molar-refractivity contribution in [3.8, 4) is 0 Å². The van der Waals surface area contributed by atoms with Crippen LogP contribution in [0.3, 0.4) is 0 Å². The lowest BCUT2D eigenvalue weighted by Crippen LogP contribution is -2.21. The van der Waals surface area contributed by atoms with E-state index in [9.17, 15) is 9.18 Å². The zero-order chi connectivity index (χ0) is 13.4. The van der Waals surface area contributed by atoms with Crippen LogP contribution in [-0.4, -0.2) is 14.0 Å². The van der Waals surface area contributed by atoms with Crippen molar-refractivity contribution >= 4 is 17.1 Å². The van der Waals surface area contributed by atoms with Crippen molar-refractivity contribution in [2.24, 2.45) is 0 Å². The molecule has 4 nitrogen and oxygen atoms in total. The molecule has 3 rings (SSSR count). The second-order valence-corrected chi connectivity index (χ2v) is 4.56. The average Bonchev–Trinajstić information content (AvgIpc) is 2.85. The second kappa shape index (κ2) is 4.51. The summed E-state index contributed by atoms with van der Waals surface area (Å²) in [7, 11) is 0. The smallest absolute Gasteiger partial charge is 0.276 e. The highest BCUT2D eigenvalue weighted by Crippen LogP contribution is 2.17. The predicted octanol–water partition coefficient (Wildman–Crippen LogP) is 2.34. The summed E-state index contributed by atoms with van der Waals surface area (Å²) in [6.07, 6.45) is 6.45. The van der Waals surface area contributed by atoms with Crippen molar-refractivity contribution in [2.75, 3.05) is 0 Å². The Hall–Kier alpha value is -2.14. The third-order valence-electron chi connectivity index (χ3n) is 2.91. The number of imidazole rings is 1. The SMILES string of the molecule is O=c1c2cncn2ccn1Cc1ccc(F)cc1Cl. The number of fused-ring (bicyclic) bond motifs is 1. The highest BCUT2D eigenvalue weighted by atomic mass is 35.5. The summed E-state index contributed by atoms with van der Waals surface area (Å²) in [5.41, 5.74) is 1.01. The van der Waals surface area contributed by atoms with Gasteiger partial charge in [-0.05, 0) is 17.7 Å². The Balaban J connectivity index is 2.05. The average molecular weight is 278 g/mol. The summed E-state index contributed by atoms with van der Waals surface area (Å²) < 4.78 is 16.1. The van der Waals surface area contributed by atoms with Crippen LogP contribution in [0.15, 0.2) is 47.9 Å². The zero-order valence-corrected chi connectivity index (χ0v) is 10.5. The fraction of sp³-hybridized carbons (Fsp3) is 0.0769. The van der Waals surface area contributed by atoms with Gasteiger partial charge in [0.1, 0.15) is 11.3 Å². The first-order valence-electron chi connectivity index (χ1n) is 5.60. The van der Waals surface area contributed by atoms with Crippen molar-refractivity contribution in [3.63, 3.8) is 0 Å². The van der Waals surface area contributed by atoms with E-state index in [1.807, 2.05) is 0 Å². The van der Waals surface area contributed by atoms with E-state index in [2.05, 4.69) is 4.98 Å². The monoisotopic (exact) mass is 277 g/mol. The largest absolute Gasteiger partial charge is 0.308 e. The van der Waals surface area contributed by atoms with Gasteiger partial charge >= 0.3 is 0 Å². The van der Waals surface area contributed by atoms with Crippen molar-refractivity contribution < 1.29 is 4.39 Å². The molecular weight excluding hydrogens is 269 g/mol. The van der Waals surface area contributed by atoms with Gasteiger partial charge < -0.3 is 8.97 Å². The van der Waals surface area contributed by atoms with E-state index >= 15 is 0 Å². The zero-order valence-electron chi connectivity index (χ0n) is 9.75. The lowest BCUT2D eigenvalue weighted by atomic mass is 10.2. The molecule has 1 aromatic carbocycles. The predicted molar refractivity (Wildman–Crippen MR) is 70.0 cm³/mol. The molecule has 3 aromatic rings. The molecule has 0 N–H and O–H groups in total. The van der Waals surface area contributed by atoms with Crippen LogP contribution < -0.4 is 5.56 Å². The minimum atomic E-state index is -0.396. The lowest BCUT2D eigenvalue weighted by molar-refractivity contribution is 0.626. The van der Waals surface area contributed by atoms with Crippen LogP contribution in [-0.2, 0) is 6.54 Å². The molecule has 6 heteroatoms. The van der Waals surface area contributed by atoms with Crippen LogP contribution in [0.2, 0.25) is 5.02 Å². The van der Waals surface area contributed by atoms with Gasteiger partial charge in [-0.15, -0.1) is 0 Å². The third kappa shape index (κ3) is 2.13. The molecule has 19 heavy (non-hydrogen) atoms. The first-order valence-corrected chi connectivity index (χ1v) is 5.98. The fourth-order valence-corrected chi connectivity index (χ4v) is 2.14. The number of halogens is 2. The Bertz CT molecular complexity index is 809. The maximum Gasteiger partial charge on any atom is 0.276 e. The summed E-state index contributed by atoms with van der Waals surface area (Å²) >= 11 is 5.96. The van der Waals surface area contributed by atoms with E-state index in [0.29, 0.717) is 22.6 Å². The van der Waals surface area contributed by atoms with Gasteiger partial charge in [0.05, 0.1) is 19.1 Å². The maximum atomic E-state index is 13.0. The second-order valence-electron chi connectivity index (χ2n) is 4.15. The van der Waals surface area contributed by atoms with E-state index in [1.54, 1.807) is 29.2 Å². The van der Waals surface area contributed by atoms with E-state index in [4.69, 9.17) is 11.6 Å². The molecule has 0 aliphatic heterocycles. The quantitative estimate of drug-likeness (QED) is 0.721. The minimum Gasteiger partial charge on any atom is -0.308 e. The summed E-state index contributed by atoms with van der Waals surface area (Å²) in [5.74, 6) is -0.396. The van der Waals surface area contributed by atoms with E-state index in [0.717, 1.165) is 0 Å². The Morgan fingerprint density at radius 3 is 2.95 bits per heavy atom. The maximum absolute atomic E-state index is 13.0. The normalized spacial score (nSPS) is 11.1. The van der Waals surface area contributed by atoms with Crippen LogP contribution in [0.25, 0.3) is 5.52 Å². The Kier molecular flexibility index (Phi) is 2.83. The molecule has 2 heterocycles. The van der Waals surface area contributed by atoms with Crippen LogP contribution in [0.1, 0.15) is 5.56 Å². The minimum absolute atomic E-state index is 0.166. The number of hydrogen-bond donors (Lipinski definition) is 0. The molecule has 0 fully saturated rings. The topological polar surface area (TPSA) is 39.3 Å². The molecule has 0 atom stereocenters. The number of rotatable bonds is 2. The number of nitrogens with zero attached hydrogens (tertiary/aromatic N) is 3. The third-order valence-corrected chi connectivity index (χ3v) is 3.26. The van der Waals surface area contributed by atoms with Gasteiger partial charge in [-0.2, -0.15) is 0 Å². The molecular formula is C13H9ClFN3O. The van der Waals surface area contributed by atoms with E-state index < -0.39 is 5.82 Å². The van der Waals surface area contributed by atoms with Crippen LogP contribution in [0.4, 0.5) is 4.39 Å². The first kappa shape index (κ1) is 11.9. The van der Waals surface area contributed by atoms with E-state index in [-0.39, 0.29) is 5.56 Å². The Morgan fingerprint density at radius 1 is 1.32 bits per heavy atom. The highest BCUT2D eigenvalue weighted by Gasteiger charge is 2.06. The Labute approximate surface area is 112 Å². The number of benzene rings is 1. The van der Waals surface area contributed by atoms with Gasteiger partial charge in [0.25, 0.3) is 5.56 Å². The van der Waals surface area contributed by atoms with Crippen molar-refractivity contribution in [3.05, 3.63) is 69.9 Å². The molecule has 0 saturated carbocycles. The van der Waals surface area contributed by atoms with Gasteiger partial charge in [0, 0.05) is 17.4 Å². The molecule has 0 aliphatic carbocycles. The van der Waals surface area contributed by atoms with Crippen molar-refractivity contribution in [2.45, 2.75) is 6.54 Å². The highest BCUT2D eigenvalue weighted by molar-refractivity contribution is 6.31. The molecule has 0 unspecified atom stereocenters. The van der Waals surface area contributed by atoms with Gasteiger partial charge in [0.2, 0.25) is 0 Å². The molecule has 96 valence electrons. The van der Waals surface area contributed by atoms with Gasteiger partial charge in [-0.25, -0.2) is 9.37 Å². The number of aromatic nitrogens is 3.